The molecule has 0 aromatic carbocycles. The van der Waals surface area contributed by atoms with Crippen LogP contribution in [0.15, 0.2) is 24.3 Å². The van der Waals surface area contributed by atoms with Crippen molar-refractivity contribution in [1.29, 1.82) is 0 Å². The topological polar surface area (TPSA) is 42.4 Å². The maximum atomic E-state index is 12.7. The van der Waals surface area contributed by atoms with Gasteiger partial charge < -0.3 is 9.64 Å². The zero-order valence-corrected chi connectivity index (χ0v) is 12.6. The highest BCUT2D eigenvalue weighted by atomic mass is 19.4. The average molecular weight is 314 g/mol. The SMILES string of the molecule is CC(C)(C)OC(=O)N1CC=C(c2cccc(C(F)(F)F)n2)C1. The van der Waals surface area contributed by atoms with Crippen molar-refractivity contribution in [3.63, 3.8) is 0 Å². The second-order valence-electron chi connectivity index (χ2n) is 6.00. The molecule has 120 valence electrons. The molecule has 0 atom stereocenters. The summed E-state index contributed by atoms with van der Waals surface area (Å²) in [7, 11) is 0. The van der Waals surface area contributed by atoms with Gasteiger partial charge in [-0.3, -0.25) is 0 Å². The highest BCUT2D eigenvalue weighted by molar-refractivity contribution is 5.76. The number of hydrogen-bond donors (Lipinski definition) is 0. The van der Waals surface area contributed by atoms with Crippen LogP contribution in [-0.2, 0) is 10.9 Å². The molecule has 2 rings (SSSR count). The van der Waals surface area contributed by atoms with Crippen LogP contribution in [0.25, 0.3) is 5.57 Å². The van der Waals surface area contributed by atoms with Gasteiger partial charge in [-0.05, 0) is 38.5 Å². The maximum absolute atomic E-state index is 12.7. The van der Waals surface area contributed by atoms with E-state index in [1.54, 1.807) is 26.8 Å². The lowest BCUT2D eigenvalue weighted by Crippen LogP contribution is -2.35. The van der Waals surface area contributed by atoms with Crippen molar-refractivity contribution in [1.82, 2.24) is 9.88 Å². The molecule has 22 heavy (non-hydrogen) atoms. The van der Waals surface area contributed by atoms with Crippen LogP contribution in [0.3, 0.4) is 0 Å². The number of ether oxygens (including phenoxy) is 1. The van der Waals surface area contributed by atoms with Gasteiger partial charge in [-0.1, -0.05) is 12.1 Å². The lowest BCUT2D eigenvalue weighted by atomic mass is 10.1. The maximum Gasteiger partial charge on any atom is 0.433 e. The van der Waals surface area contributed by atoms with Gasteiger partial charge in [0.2, 0.25) is 0 Å². The summed E-state index contributed by atoms with van der Waals surface area (Å²) in [6.07, 6.45) is -3.29. The van der Waals surface area contributed by atoms with Crippen molar-refractivity contribution in [2.45, 2.75) is 32.5 Å². The van der Waals surface area contributed by atoms with Gasteiger partial charge in [-0.2, -0.15) is 13.2 Å². The van der Waals surface area contributed by atoms with Crippen molar-refractivity contribution in [2.24, 2.45) is 0 Å². The van der Waals surface area contributed by atoms with E-state index in [1.807, 2.05) is 0 Å². The van der Waals surface area contributed by atoms with Gasteiger partial charge in [0.25, 0.3) is 0 Å². The number of nitrogens with zero attached hydrogens (tertiary/aromatic N) is 2. The lowest BCUT2D eigenvalue weighted by Gasteiger charge is -2.24. The Bertz CT molecular complexity index is 604. The minimum atomic E-state index is -4.49. The smallest absolute Gasteiger partial charge is 0.433 e. The molecule has 0 saturated carbocycles. The van der Waals surface area contributed by atoms with Crippen molar-refractivity contribution < 1.29 is 22.7 Å². The summed E-state index contributed by atoms with van der Waals surface area (Å²) >= 11 is 0. The Morgan fingerprint density at radius 1 is 1.27 bits per heavy atom. The molecule has 1 amide bonds. The summed E-state index contributed by atoms with van der Waals surface area (Å²) in [5.41, 5.74) is -0.756. The third kappa shape index (κ3) is 3.99. The van der Waals surface area contributed by atoms with E-state index in [9.17, 15) is 18.0 Å². The number of aromatic nitrogens is 1. The minimum absolute atomic E-state index is 0.184. The first kappa shape index (κ1) is 16.3. The molecule has 0 N–H and O–H groups in total. The van der Waals surface area contributed by atoms with Gasteiger partial charge in [-0.25, -0.2) is 9.78 Å². The van der Waals surface area contributed by atoms with Crippen molar-refractivity contribution in [3.05, 3.63) is 35.7 Å². The van der Waals surface area contributed by atoms with E-state index in [1.165, 1.54) is 17.0 Å². The Morgan fingerprint density at radius 3 is 2.55 bits per heavy atom. The monoisotopic (exact) mass is 314 g/mol. The Morgan fingerprint density at radius 2 is 1.95 bits per heavy atom. The fourth-order valence-corrected chi connectivity index (χ4v) is 1.98. The van der Waals surface area contributed by atoms with Gasteiger partial charge in [0.05, 0.1) is 12.2 Å². The summed E-state index contributed by atoms with van der Waals surface area (Å²) in [4.78, 5) is 17.0. The molecule has 0 aliphatic carbocycles. The van der Waals surface area contributed by atoms with Crippen LogP contribution in [-0.4, -0.2) is 34.7 Å². The molecule has 4 nitrogen and oxygen atoms in total. The quantitative estimate of drug-likeness (QED) is 0.793. The van der Waals surface area contributed by atoms with Crippen LogP contribution in [0.2, 0.25) is 0 Å². The summed E-state index contributed by atoms with van der Waals surface area (Å²) < 4.78 is 43.3. The van der Waals surface area contributed by atoms with E-state index in [0.717, 1.165) is 6.07 Å². The number of pyridine rings is 1. The second kappa shape index (κ2) is 5.62. The number of rotatable bonds is 1. The third-order valence-electron chi connectivity index (χ3n) is 2.94. The van der Waals surface area contributed by atoms with Crippen LogP contribution in [0.1, 0.15) is 32.2 Å². The number of amides is 1. The van der Waals surface area contributed by atoms with E-state index >= 15 is 0 Å². The van der Waals surface area contributed by atoms with E-state index in [-0.39, 0.29) is 12.2 Å². The molecule has 0 bridgehead atoms. The summed E-state index contributed by atoms with van der Waals surface area (Å²) in [5.74, 6) is 0. The number of alkyl halides is 3. The predicted molar refractivity (Wildman–Crippen MR) is 75.0 cm³/mol. The third-order valence-corrected chi connectivity index (χ3v) is 2.94. The Balaban J connectivity index is 2.09. The van der Waals surface area contributed by atoms with Crippen molar-refractivity contribution >= 4 is 11.7 Å². The van der Waals surface area contributed by atoms with Gasteiger partial charge in [0.1, 0.15) is 11.3 Å². The fraction of sp³-hybridized carbons (Fsp3) is 0.467. The van der Waals surface area contributed by atoms with E-state index in [0.29, 0.717) is 12.1 Å². The second-order valence-corrected chi connectivity index (χ2v) is 6.00. The molecule has 7 heteroatoms. The minimum Gasteiger partial charge on any atom is -0.444 e. The molecule has 1 aliphatic rings. The van der Waals surface area contributed by atoms with E-state index in [4.69, 9.17) is 4.74 Å². The highest BCUT2D eigenvalue weighted by Gasteiger charge is 2.33. The summed E-state index contributed by atoms with van der Waals surface area (Å²) in [5, 5.41) is 0. The molecule has 2 heterocycles. The molecule has 0 radical (unpaired) electrons. The van der Waals surface area contributed by atoms with E-state index < -0.39 is 23.6 Å². The summed E-state index contributed by atoms with van der Waals surface area (Å²) in [6.45, 7) is 5.74. The van der Waals surface area contributed by atoms with E-state index in [2.05, 4.69) is 4.98 Å². The van der Waals surface area contributed by atoms with Gasteiger partial charge in [-0.15, -0.1) is 0 Å². The largest absolute Gasteiger partial charge is 0.444 e. The van der Waals surface area contributed by atoms with Crippen LogP contribution in [0, 0.1) is 0 Å². The number of carbonyl (C=O) groups is 1. The lowest BCUT2D eigenvalue weighted by molar-refractivity contribution is -0.141. The summed E-state index contributed by atoms with van der Waals surface area (Å²) in [6, 6.07) is 3.73. The Hall–Kier alpha value is -2.05. The first-order valence-electron chi connectivity index (χ1n) is 6.78. The van der Waals surface area contributed by atoms with Gasteiger partial charge in [0.15, 0.2) is 0 Å². The zero-order valence-electron chi connectivity index (χ0n) is 12.6. The number of carbonyl (C=O) groups excluding carboxylic acids is 1. The van der Waals surface area contributed by atoms with Crippen molar-refractivity contribution in [3.8, 4) is 0 Å². The van der Waals surface area contributed by atoms with Gasteiger partial charge >= 0.3 is 12.3 Å². The Kier molecular flexibility index (Phi) is 4.17. The highest BCUT2D eigenvalue weighted by Crippen LogP contribution is 2.29. The molecule has 1 aromatic rings. The molecular weight excluding hydrogens is 297 g/mol. The van der Waals surface area contributed by atoms with Crippen molar-refractivity contribution in [2.75, 3.05) is 13.1 Å². The van der Waals surface area contributed by atoms with Crippen LogP contribution >= 0.6 is 0 Å². The molecule has 1 aromatic heterocycles. The standard InChI is InChI=1S/C15H17F3N2O2/c1-14(2,3)22-13(21)20-8-7-10(9-20)11-5-4-6-12(19-11)15(16,17)18/h4-7H,8-9H2,1-3H3. The average Bonchev–Trinajstić information content (AvgIpc) is 2.85. The first-order chi connectivity index (χ1) is 10.1. The first-order valence-corrected chi connectivity index (χ1v) is 6.78. The van der Waals surface area contributed by atoms with Crippen LogP contribution in [0.4, 0.5) is 18.0 Å². The molecule has 0 unspecified atom stereocenters. The van der Waals surface area contributed by atoms with Crippen LogP contribution in [0.5, 0.6) is 0 Å². The molecule has 0 spiro atoms. The molecule has 0 fully saturated rings. The Labute approximate surface area is 126 Å². The van der Waals surface area contributed by atoms with Gasteiger partial charge in [0, 0.05) is 6.54 Å². The predicted octanol–water partition coefficient (Wildman–Crippen LogP) is 3.73. The molecule has 1 aliphatic heterocycles. The number of halogens is 3. The zero-order chi connectivity index (χ0) is 16.5. The fourth-order valence-electron chi connectivity index (χ4n) is 1.98. The normalized spacial score (nSPS) is 15.7. The molecular formula is C15H17F3N2O2. The molecule has 0 saturated heterocycles. The number of hydrogen-bond acceptors (Lipinski definition) is 3. The van der Waals surface area contributed by atoms with Crippen LogP contribution < -0.4 is 0 Å².